The summed E-state index contributed by atoms with van der Waals surface area (Å²) in [5, 5.41) is 11.2. The lowest BCUT2D eigenvalue weighted by molar-refractivity contribution is -0.116. The van der Waals surface area contributed by atoms with Gasteiger partial charge in [0, 0.05) is 6.54 Å². The molecule has 0 saturated heterocycles. The van der Waals surface area contributed by atoms with Crippen LogP contribution < -0.4 is 5.32 Å². The Morgan fingerprint density at radius 3 is 2.54 bits per heavy atom. The van der Waals surface area contributed by atoms with Crippen LogP contribution in [0, 0.1) is 0 Å². The first-order valence-corrected chi connectivity index (χ1v) is 5.28. The smallest absolute Gasteiger partial charge is 0.328 e. The zero-order chi connectivity index (χ0) is 10.5. The number of aliphatic hydroxyl groups is 1. The molecular weight excluding hydrogens is 197 g/mol. The third kappa shape index (κ3) is 7.67. The maximum atomic E-state index is 10.5. The maximum Gasteiger partial charge on any atom is 0.328 e. The normalized spacial score (nSPS) is 13.5. The van der Waals surface area contributed by atoms with Gasteiger partial charge in [0.1, 0.15) is 0 Å². The van der Waals surface area contributed by atoms with E-state index in [1.807, 2.05) is 0 Å². The molecule has 0 aliphatic rings. The first-order valence-electron chi connectivity index (χ1n) is 3.48. The second-order valence-electron chi connectivity index (χ2n) is 2.45. The molecule has 0 spiro atoms. The quantitative estimate of drug-likeness (QED) is 0.337. The predicted molar refractivity (Wildman–Crippen MR) is 46.1 cm³/mol. The molecule has 1 atom stereocenters. The molecule has 0 aromatic heterocycles. The van der Waals surface area contributed by atoms with Crippen LogP contribution in [0.4, 0.5) is 0 Å². The fourth-order valence-electron chi connectivity index (χ4n) is 0.630. The summed E-state index contributed by atoms with van der Waals surface area (Å²) in [7, 11) is -4.22. The summed E-state index contributed by atoms with van der Waals surface area (Å²) in [6, 6.07) is 0. The van der Waals surface area contributed by atoms with E-state index in [2.05, 4.69) is 11.9 Å². The van der Waals surface area contributed by atoms with E-state index in [1.54, 1.807) is 0 Å². The van der Waals surface area contributed by atoms with E-state index in [0.717, 1.165) is 6.08 Å². The van der Waals surface area contributed by atoms with E-state index in [-0.39, 0.29) is 6.54 Å². The number of hydrogen-bond acceptors (Lipinski definition) is 3. The molecule has 0 aromatic carbocycles. The standard InChI is InChI=1S/C6H12NO5P/c1-2-6(9)7-3-5(8)4-13(10,11)12/h2,5,8H,1,3-4H2,(H,7,9)(H2,10,11,12). The highest BCUT2D eigenvalue weighted by Crippen LogP contribution is 2.34. The molecule has 76 valence electrons. The minimum absolute atomic E-state index is 0.198. The van der Waals surface area contributed by atoms with E-state index in [0.29, 0.717) is 0 Å². The van der Waals surface area contributed by atoms with Crippen molar-refractivity contribution < 1.29 is 24.3 Å². The van der Waals surface area contributed by atoms with Crippen molar-refractivity contribution in [2.24, 2.45) is 0 Å². The van der Waals surface area contributed by atoms with Gasteiger partial charge < -0.3 is 20.2 Å². The van der Waals surface area contributed by atoms with Crippen LogP contribution in [-0.4, -0.2) is 39.6 Å². The van der Waals surface area contributed by atoms with Gasteiger partial charge in [0.05, 0.1) is 12.3 Å². The van der Waals surface area contributed by atoms with Gasteiger partial charge in [-0.2, -0.15) is 0 Å². The van der Waals surface area contributed by atoms with E-state index in [1.165, 1.54) is 0 Å². The molecule has 1 unspecified atom stereocenters. The van der Waals surface area contributed by atoms with Gasteiger partial charge in [0.15, 0.2) is 0 Å². The minimum Gasteiger partial charge on any atom is -0.391 e. The fourth-order valence-corrected chi connectivity index (χ4v) is 1.31. The van der Waals surface area contributed by atoms with Crippen LogP contribution >= 0.6 is 7.60 Å². The summed E-state index contributed by atoms with van der Waals surface area (Å²) in [5.74, 6) is -0.496. The molecule has 0 rings (SSSR count). The lowest BCUT2D eigenvalue weighted by Crippen LogP contribution is -2.32. The van der Waals surface area contributed by atoms with E-state index in [4.69, 9.17) is 14.9 Å². The average molecular weight is 209 g/mol. The minimum atomic E-state index is -4.22. The van der Waals surface area contributed by atoms with E-state index < -0.39 is 25.8 Å². The highest BCUT2D eigenvalue weighted by atomic mass is 31.2. The summed E-state index contributed by atoms with van der Waals surface area (Å²) in [5.41, 5.74) is 0. The van der Waals surface area contributed by atoms with Crippen LogP contribution in [0.25, 0.3) is 0 Å². The van der Waals surface area contributed by atoms with Gasteiger partial charge in [-0.3, -0.25) is 9.36 Å². The number of hydrogen-bond donors (Lipinski definition) is 4. The number of rotatable bonds is 5. The van der Waals surface area contributed by atoms with Crippen molar-refractivity contribution >= 4 is 13.5 Å². The van der Waals surface area contributed by atoms with Gasteiger partial charge >= 0.3 is 7.60 Å². The third-order valence-electron chi connectivity index (χ3n) is 1.15. The first-order chi connectivity index (χ1) is 5.85. The van der Waals surface area contributed by atoms with Crippen LogP contribution in [0.5, 0.6) is 0 Å². The van der Waals surface area contributed by atoms with E-state index >= 15 is 0 Å². The molecule has 0 aliphatic heterocycles. The molecular formula is C6H12NO5P. The lowest BCUT2D eigenvalue weighted by atomic mass is 10.4. The number of carbonyl (C=O) groups excluding carboxylic acids is 1. The Hall–Kier alpha value is -0.680. The molecule has 6 nitrogen and oxygen atoms in total. The topological polar surface area (TPSA) is 107 Å². The average Bonchev–Trinajstić information content (AvgIpc) is 1.97. The van der Waals surface area contributed by atoms with Gasteiger partial charge in [0.2, 0.25) is 5.91 Å². The Balaban J connectivity index is 3.76. The molecule has 13 heavy (non-hydrogen) atoms. The number of aliphatic hydroxyl groups excluding tert-OH is 1. The molecule has 0 heterocycles. The lowest BCUT2D eigenvalue weighted by Gasteiger charge is -2.11. The molecule has 0 fully saturated rings. The monoisotopic (exact) mass is 209 g/mol. The molecule has 1 amide bonds. The summed E-state index contributed by atoms with van der Waals surface area (Å²) in [6.45, 7) is 2.97. The summed E-state index contributed by atoms with van der Waals surface area (Å²) in [6.07, 6.45) is -0.904. The molecule has 4 N–H and O–H groups in total. The van der Waals surface area contributed by atoms with Crippen molar-refractivity contribution in [2.45, 2.75) is 6.10 Å². The van der Waals surface area contributed by atoms with Gasteiger partial charge in [-0.1, -0.05) is 6.58 Å². The number of carbonyl (C=O) groups is 1. The largest absolute Gasteiger partial charge is 0.391 e. The van der Waals surface area contributed by atoms with Crippen LogP contribution in [0.2, 0.25) is 0 Å². The number of amides is 1. The fraction of sp³-hybridized carbons (Fsp3) is 0.500. The van der Waals surface area contributed by atoms with Gasteiger partial charge in [-0.25, -0.2) is 0 Å². The SMILES string of the molecule is C=CC(=O)NCC(O)CP(=O)(O)O. The van der Waals surface area contributed by atoms with Crippen LogP contribution in [0.1, 0.15) is 0 Å². The highest BCUT2D eigenvalue weighted by molar-refractivity contribution is 7.51. The zero-order valence-electron chi connectivity index (χ0n) is 6.88. The van der Waals surface area contributed by atoms with Gasteiger partial charge in [-0.15, -0.1) is 0 Å². The molecule has 0 saturated carbocycles. The van der Waals surface area contributed by atoms with Crippen molar-refractivity contribution in [1.29, 1.82) is 0 Å². The number of nitrogens with one attached hydrogen (secondary N) is 1. The van der Waals surface area contributed by atoms with Crippen molar-refractivity contribution in [3.63, 3.8) is 0 Å². The highest BCUT2D eigenvalue weighted by Gasteiger charge is 2.19. The molecule has 0 aliphatic carbocycles. The Morgan fingerprint density at radius 1 is 1.62 bits per heavy atom. The van der Waals surface area contributed by atoms with Gasteiger partial charge in [-0.05, 0) is 6.08 Å². The summed E-state index contributed by atoms with van der Waals surface area (Å²) < 4.78 is 10.4. The second-order valence-corrected chi connectivity index (χ2v) is 4.14. The maximum absolute atomic E-state index is 10.5. The van der Waals surface area contributed by atoms with Crippen molar-refractivity contribution in [3.05, 3.63) is 12.7 Å². The van der Waals surface area contributed by atoms with Crippen molar-refractivity contribution in [1.82, 2.24) is 5.32 Å². The molecule has 0 radical (unpaired) electrons. The van der Waals surface area contributed by atoms with Crippen LogP contribution in [-0.2, 0) is 9.36 Å². The third-order valence-corrected chi connectivity index (χ3v) is 2.04. The molecule has 7 heteroatoms. The predicted octanol–water partition coefficient (Wildman–Crippen LogP) is -1.17. The first kappa shape index (κ1) is 12.3. The Labute approximate surface area is 75.4 Å². The van der Waals surface area contributed by atoms with Crippen molar-refractivity contribution in [2.75, 3.05) is 12.7 Å². The van der Waals surface area contributed by atoms with Crippen LogP contribution in [0.3, 0.4) is 0 Å². The molecule has 0 bridgehead atoms. The Morgan fingerprint density at radius 2 is 2.15 bits per heavy atom. The van der Waals surface area contributed by atoms with Crippen LogP contribution in [0.15, 0.2) is 12.7 Å². The van der Waals surface area contributed by atoms with Gasteiger partial charge in [0.25, 0.3) is 0 Å². The Kier molecular flexibility index (Phi) is 4.87. The zero-order valence-corrected chi connectivity index (χ0v) is 7.78. The summed E-state index contributed by atoms with van der Waals surface area (Å²) in [4.78, 5) is 27.4. The van der Waals surface area contributed by atoms with Crippen molar-refractivity contribution in [3.8, 4) is 0 Å². The molecule has 0 aromatic rings. The Bertz CT molecular complexity index is 235. The second kappa shape index (κ2) is 5.14. The summed E-state index contributed by atoms with van der Waals surface area (Å²) >= 11 is 0. The van der Waals surface area contributed by atoms with E-state index in [9.17, 15) is 9.36 Å².